The van der Waals surface area contributed by atoms with Crippen molar-refractivity contribution in [1.29, 1.82) is 5.26 Å². The monoisotopic (exact) mass is 308 g/mol. The van der Waals surface area contributed by atoms with E-state index in [1.165, 1.54) is 0 Å². The molecule has 0 saturated heterocycles. The topological polar surface area (TPSA) is 77.5 Å². The molecule has 0 radical (unpaired) electrons. The van der Waals surface area contributed by atoms with Crippen molar-refractivity contribution in [3.63, 3.8) is 0 Å². The quantitative estimate of drug-likeness (QED) is 0.943. The van der Waals surface area contributed by atoms with Crippen LogP contribution in [-0.4, -0.2) is 14.2 Å². The van der Waals surface area contributed by atoms with E-state index >= 15 is 0 Å². The average Bonchev–Trinajstić information content (AvgIpc) is 2.60. The van der Waals surface area contributed by atoms with Gasteiger partial charge in [0, 0.05) is 17.2 Å². The molecule has 2 N–H and O–H groups in total. The Kier molecular flexibility index (Phi) is 3.82. The van der Waals surface area contributed by atoms with Gasteiger partial charge in [-0.25, -0.2) is 0 Å². The van der Waals surface area contributed by atoms with Crippen molar-refractivity contribution in [1.82, 2.24) is 0 Å². The highest BCUT2D eigenvalue weighted by atomic mass is 16.5. The number of hydrogen-bond donors (Lipinski definition) is 1. The minimum absolute atomic E-state index is 0.120. The Morgan fingerprint density at radius 2 is 1.87 bits per heavy atom. The lowest BCUT2D eigenvalue weighted by Crippen LogP contribution is -2.21. The summed E-state index contributed by atoms with van der Waals surface area (Å²) in [5.41, 5.74) is 8.03. The van der Waals surface area contributed by atoms with Gasteiger partial charge in [0.1, 0.15) is 28.9 Å². The lowest BCUT2D eigenvalue weighted by molar-refractivity contribution is 0.381. The van der Waals surface area contributed by atoms with Crippen LogP contribution in [0.2, 0.25) is 0 Å². The van der Waals surface area contributed by atoms with Gasteiger partial charge in [-0.05, 0) is 12.1 Å². The molecule has 2 aromatic rings. The first-order valence-corrected chi connectivity index (χ1v) is 7.08. The zero-order valence-corrected chi connectivity index (χ0v) is 12.9. The van der Waals surface area contributed by atoms with Crippen LogP contribution in [-0.2, 0) is 0 Å². The van der Waals surface area contributed by atoms with Gasteiger partial charge in [0.25, 0.3) is 0 Å². The number of nitriles is 1. The van der Waals surface area contributed by atoms with Crippen molar-refractivity contribution in [3.05, 3.63) is 65.0 Å². The molecular formula is C18H16N2O3. The van der Waals surface area contributed by atoms with Gasteiger partial charge in [0.15, 0.2) is 0 Å². The van der Waals surface area contributed by atoms with Gasteiger partial charge in [0.2, 0.25) is 5.88 Å². The number of rotatable bonds is 3. The first-order chi connectivity index (χ1) is 11.2. The molecule has 0 spiro atoms. The van der Waals surface area contributed by atoms with E-state index in [0.29, 0.717) is 22.8 Å². The molecule has 1 atom stereocenters. The summed E-state index contributed by atoms with van der Waals surface area (Å²) in [6, 6.07) is 15.2. The molecule has 0 amide bonds. The first kappa shape index (κ1) is 14.8. The number of hydrogen-bond acceptors (Lipinski definition) is 5. The number of para-hydroxylation sites is 1. The summed E-state index contributed by atoms with van der Waals surface area (Å²) in [5.74, 6) is 1.74. The van der Waals surface area contributed by atoms with Crippen LogP contribution in [0.1, 0.15) is 17.0 Å². The van der Waals surface area contributed by atoms with E-state index in [4.69, 9.17) is 19.9 Å². The highest BCUT2D eigenvalue weighted by molar-refractivity contribution is 5.59. The van der Waals surface area contributed by atoms with E-state index in [-0.39, 0.29) is 11.8 Å². The highest BCUT2D eigenvalue weighted by Gasteiger charge is 2.32. The fourth-order valence-electron chi connectivity index (χ4n) is 2.78. The van der Waals surface area contributed by atoms with Crippen LogP contribution < -0.4 is 19.9 Å². The lowest BCUT2D eigenvalue weighted by atomic mass is 9.83. The molecule has 0 unspecified atom stereocenters. The number of nitrogens with two attached hydrogens (primary N) is 1. The first-order valence-electron chi connectivity index (χ1n) is 7.08. The largest absolute Gasteiger partial charge is 0.497 e. The van der Waals surface area contributed by atoms with Crippen molar-refractivity contribution < 1.29 is 14.2 Å². The minimum atomic E-state index is -0.342. The molecule has 23 heavy (non-hydrogen) atoms. The Bertz CT molecular complexity index is 821. The third kappa shape index (κ3) is 2.44. The molecule has 3 rings (SSSR count). The predicted molar refractivity (Wildman–Crippen MR) is 85.3 cm³/mol. The Labute approximate surface area is 134 Å². The van der Waals surface area contributed by atoms with Gasteiger partial charge in [-0.1, -0.05) is 24.3 Å². The summed E-state index contributed by atoms with van der Waals surface area (Å²) in [6.45, 7) is 0. The molecule has 0 aliphatic carbocycles. The summed E-state index contributed by atoms with van der Waals surface area (Å²) >= 11 is 0. The molecule has 5 heteroatoms. The van der Waals surface area contributed by atoms with Gasteiger partial charge in [-0.3, -0.25) is 0 Å². The Morgan fingerprint density at radius 3 is 2.57 bits per heavy atom. The van der Waals surface area contributed by atoms with E-state index in [0.717, 1.165) is 11.1 Å². The van der Waals surface area contributed by atoms with Gasteiger partial charge >= 0.3 is 0 Å². The molecular weight excluding hydrogens is 292 g/mol. The van der Waals surface area contributed by atoms with Gasteiger partial charge < -0.3 is 19.9 Å². The van der Waals surface area contributed by atoms with Crippen molar-refractivity contribution in [2.45, 2.75) is 5.92 Å². The SMILES string of the molecule is COc1ccc([C@H]2C(C#N)=C(N)Oc3ccccc32)c(OC)c1. The summed E-state index contributed by atoms with van der Waals surface area (Å²) in [6.07, 6.45) is 0. The number of benzene rings is 2. The fraction of sp³-hybridized carbons (Fsp3) is 0.167. The number of allylic oxidation sites excluding steroid dienone is 1. The third-order valence-corrected chi connectivity index (χ3v) is 3.88. The molecule has 5 nitrogen and oxygen atoms in total. The number of ether oxygens (including phenoxy) is 3. The Hall–Kier alpha value is -3.13. The molecule has 116 valence electrons. The molecule has 0 bridgehead atoms. The van der Waals surface area contributed by atoms with E-state index < -0.39 is 0 Å². The lowest BCUT2D eigenvalue weighted by Gasteiger charge is -2.27. The average molecular weight is 308 g/mol. The maximum atomic E-state index is 9.55. The summed E-state index contributed by atoms with van der Waals surface area (Å²) < 4.78 is 16.3. The maximum Gasteiger partial charge on any atom is 0.205 e. The predicted octanol–water partition coefficient (Wildman–Crippen LogP) is 2.92. The zero-order chi connectivity index (χ0) is 16.4. The van der Waals surface area contributed by atoms with E-state index in [2.05, 4.69) is 6.07 Å². The number of fused-ring (bicyclic) bond motifs is 1. The zero-order valence-electron chi connectivity index (χ0n) is 12.9. The van der Waals surface area contributed by atoms with Crippen LogP contribution in [0.25, 0.3) is 0 Å². The second kappa shape index (κ2) is 5.93. The summed E-state index contributed by atoms with van der Waals surface area (Å²) in [4.78, 5) is 0. The van der Waals surface area contributed by atoms with E-state index in [9.17, 15) is 5.26 Å². The molecule has 1 aliphatic rings. The molecule has 1 aliphatic heterocycles. The van der Waals surface area contributed by atoms with Crippen molar-refractivity contribution in [2.24, 2.45) is 5.73 Å². The maximum absolute atomic E-state index is 9.55. The smallest absolute Gasteiger partial charge is 0.205 e. The number of nitrogens with zero attached hydrogens (tertiary/aromatic N) is 1. The minimum Gasteiger partial charge on any atom is -0.497 e. The van der Waals surface area contributed by atoms with Crippen LogP contribution >= 0.6 is 0 Å². The fourth-order valence-corrected chi connectivity index (χ4v) is 2.78. The normalized spacial score (nSPS) is 16.1. The van der Waals surface area contributed by atoms with E-state index in [1.807, 2.05) is 36.4 Å². The molecule has 2 aromatic carbocycles. The standard InChI is InChI=1S/C18H16N2O3/c1-21-11-7-8-13(16(9-11)22-2)17-12-5-3-4-6-15(12)23-18(20)14(17)10-19/h3-9,17H,20H2,1-2H3/t17-/m0/s1. The van der Waals surface area contributed by atoms with E-state index in [1.54, 1.807) is 20.3 Å². The van der Waals surface area contributed by atoms with Gasteiger partial charge in [-0.2, -0.15) is 5.26 Å². The molecule has 0 fully saturated rings. The van der Waals surface area contributed by atoms with Gasteiger partial charge in [-0.15, -0.1) is 0 Å². The van der Waals surface area contributed by atoms with Crippen molar-refractivity contribution in [3.8, 4) is 23.3 Å². The van der Waals surface area contributed by atoms with Crippen LogP contribution in [0.5, 0.6) is 17.2 Å². The second-order valence-electron chi connectivity index (χ2n) is 5.07. The van der Waals surface area contributed by atoms with Crippen LogP contribution in [0.3, 0.4) is 0 Å². The van der Waals surface area contributed by atoms with Crippen molar-refractivity contribution >= 4 is 0 Å². The van der Waals surface area contributed by atoms with Crippen molar-refractivity contribution in [2.75, 3.05) is 14.2 Å². The van der Waals surface area contributed by atoms with Crippen LogP contribution in [0, 0.1) is 11.3 Å². The second-order valence-corrected chi connectivity index (χ2v) is 5.07. The van der Waals surface area contributed by atoms with Crippen LogP contribution in [0.4, 0.5) is 0 Å². The summed E-state index contributed by atoms with van der Waals surface area (Å²) in [7, 11) is 3.18. The Morgan fingerprint density at radius 1 is 1.09 bits per heavy atom. The van der Waals surface area contributed by atoms with Gasteiger partial charge in [0.05, 0.1) is 20.1 Å². The Balaban J connectivity index is 2.23. The third-order valence-electron chi connectivity index (χ3n) is 3.88. The highest BCUT2D eigenvalue weighted by Crippen LogP contribution is 2.45. The molecule has 1 heterocycles. The molecule has 0 saturated carbocycles. The summed E-state index contributed by atoms with van der Waals surface area (Å²) in [5, 5.41) is 9.55. The van der Waals surface area contributed by atoms with Crippen LogP contribution in [0.15, 0.2) is 53.9 Å². The molecule has 0 aromatic heterocycles. The number of methoxy groups -OCH3 is 2.